The summed E-state index contributed by atoms with van der Waals surface area (Å²) in [4.78, 5) is 25.1. The minimum atomic E-state index is -1.07. The van der Waals surface area contributed by atoms with Crippen LogP contribution in [0.1, 0.15) is 17.3 Å². The Morgan fingerprint density at radius 2 is 2.05 bits per heavy atom. The molecular formula is C14H16INO5. The number of morpholine rings is 1. The summed E-state index contributed by atoms with van der Waals surface area (Å²) in [7, 11) is 0. The van der Waals surface area contributed by atoms with Crippen LogP contribution in [-0.2, 0) is 9.53 Å². The Hall–Kier alpha value is -1.35. The van der Waals surface area contributed by atoms with E-state index in [1.807, 2.05) is 22.6 Å². The first-order valence-corrected chi connectivity index (χ1v) is 7.63. The van der Waals surface area contributed by atoms with Crippen molar-refractivity contribution in [3.05, 3.63) is 27.3 Å². The Kier molecular flexibility index (Phi) is 5.40. The molecule has 1 N–H and O–H groups in total. The molecule has 1 aliphatic heterocycles. The molecule has 1 amide bonds. The zero-order valence-corrected chi connectivity index (χ0v) is 13.7. The average Bonchev–Trinajstić information content (AvgIpc) is 2.49. The first kappa shape index (κ1) is 16.0. The number of nitrogens with zero attached hydrogens (tertiary/aromatic N) is 1. The molecule has 1 fully saturated rings. The van der Waals surface area contributed by atoms with Crippen LogP contribution >= 0.6 is 22.6 Å². The van der Waals surface area contributed by atoms with Crippen LogP contribution in [0, 0.1) is 3.57 Å². The zero-order chi connectivity index (χ0) is 15.4. The van der Waals surface area contributed by atoms with E-state index in [0.29, 0.717) is 26.3 Å². The lowest BCUT2D eigenvalue weighted by Gasteiger charge is -2.29. The highest BCUT2D eigenvalue weighted by Crippen LogP contribution is 2.23. The van der Waals surface area contributed by atoms with Crippen molar-refractivity contribution in [1.82, 2.24) is 4.90 Å². The van der Waals surface area contributed by atoms with Gasteiger partial charge < -0.3 is 19.5 Å². The number of carboxylic acids is 1. The van der Waals surface area contributed by atoms with Gasteiger partial charge in [-0.15, -0.1) is 0 Å². The van der Waals surface area contributed by atoms with Crippen molar-refractivity contribution >= 4 is 34.5 Å². The van der Waals surface area contributed by atoms with Gasteiger partial charge in [0.15, 0.2) is 6.10 Å². The Morgan fingerprint density at radius 1 is 1.38 bits per heavy atom. The SMILES string of the molecule is CC(Oc1ccc(I)cc1C(=O)O)C(=O)N1CCOCC1. The van der Waals surface area contributed by atoms with Crippen molar-refractivity contribution < 1.29 is 24.2 Å². The third-order valence-electron chi connectivity index (χ3n) is 3.15. The van der Waals surface area contributed by atoms with Gasteiger partial charge in [-0.1, -0.05) is 0 Å². The van der Waals surface area contributed by atoms with E-state index in [-0.39, 0.29) is 17.2 Å². The number of carbonyl (C=O) groups excluding carboxylic acids is 1. The van der Waals surface area contributed by atoms with E-state index in [9.17, 15) is 14.7 Å². The van der Waals surface area contributed by atoms with Crippen LogP contribution in [0.15, 0.2) is 18.2 Å². The molecule has 0 radical (unpaired) electrons. The highest BCUT2D eigenvalue weighted by atomic mass is 127. The summed E-state index contributed by atoms with van der Waals surface area (Å²) < 4.78 is 11.6. The van der Waals surface area contributed by atoms with E-state index in [1.165, 1.54) is 6.07 Å². The van der Waals surface area contributed by atoms with Crippen LogP contribution in [-0.4, -0.2) is 54.3 Å². The first-order chi connectivity index (χ1) is 9.99. The minimum absolute atomic E-state index is 0.0588. The van der Waals surface area contributed by atoms with Crippen LogP contribution in [0.4, 0.5) is 0 Å². The number of carboxylic acid groups (broad SMARTS) is 1. The highest BCUT2D eigenvalue weighted by Gasteiger charge is 2.25. The van der Waals surface area contributed by atoms with E-state index in [4.69, 9.17) is 9.47 Å². The van der Waals surface area contributed by atoms with Gasteiger partial charge in [-0.2, -0.15) is 0 Å². The molecule has 0 spiro atoms. The van der Waals surface area contributed by atoms with Crippen LogP contribution in [0.3, 0.4) is 0 Å². The smallest absolute Gasteiger partial charge is 0.339 e. The fourth-order valence-electron chi connectivity index (χ4n) is 2.05. The molecule has 0 bridgehead atoms. The highest BCUT2D eigenvalue weighted by molar-refractivity contribution is 14.1. The molecule has 0 aromatic heterocycles. The molecular weight excluding hydrogens is 389 g/mol. The van der Waals surface area contributed by atoms with Gasteiger partial charge in [-0.3, -0.25) is 4.79 Å². The van der Waals surface area contributed by atoms with Gasteiger partial charge in [0.05, 0.1) is 13.2 Å². The molecule has 6 nitrogen and oxygen atoms in total. The maximum Gasteiger partial charge on any atom is 0.339 e. The van der Waals surface area contributed by atoms with Crippen LogP contribution in [0.5, 0.6) is 5.75 Å². The first-order valence-electron chi connectivity index (χ1n) is 6.55. The molecule has 0 aliphatic carbocycles. The van der Waals surface area contributed by atoms with E-state index < -0.39 is 12.1 Å². The summed E-state index contributed by atoms with van der Waals surface area (Å²) in [5, 5.41) is 9.20. The van der Waals surface area contributed by atoms with Crippen LogP contribution < -0.4 is 4.74 Å². The second kappa shape index (κ2) is 7.08. The monoisotopic (exact) mass is 405 g/mol. The number of halogens is 1. The molecule has 1 saturated heterocycles. The number of hydrogen-bond donors (Lipinski definition) is 1. The van der Waals surface area contributed by atoms with Crippen molar-refractivity contribution in [2.75, 3.05) is 26.3 Å². The molecule has 2 rings (SSSR count). The molecule has 114 valence electrons. The van der Waals surface area contributed by atoms with E-state index in [2.05, 4.69) is 0 Å². The van der Waals surface area contributed by atoms with Crippen molar-refractivity contribution in [2.24, 2.45) is 0 Å². The number of amides is 1. The number of benzene rings is 1. The normalized spacial score (nSPS) is 16.4. The Balaban J connectivity index is 2.10. The number of ether oxygens (including phenoxy) is 2. The third-order valence-corrected chi connectivity index (χ3v) is 3.82. The largest absolute Gasteiger partial charge is 0.480 e. The fourth-order valence-corrected chi connectivity index (χ4v) is 2.55. The molecule has 7 heteroatoms. The number of aromatic carboxylic acids is 1. The molecule has 0 saturated carbocycles. The van der Waals surface area contributed by atoms with Gasteiger partial charge in [0.25, 0.3) is 5.91 Å². The molecule has 1 aromatic carbocycles. The van der Waals surface area contributed by atoms with Crippen LogP contribution in [0.25, 0.3) is 0 Å². The lowest BCUT2D eigenvalue weighted by molar-refractivity contribution is -0.142. The summed E-state index contributed by atoms with van der Waals surface area (Å²) >= 11 is 2.03. The van der Waals surface area contributed by atoms with E-state index >= 15 is 0 Å². The number of rotatable bonds is 4. The summed E-state index contributed by atoms with van der Waals surface area (Å²) in [6.45, 7) is 3.72. The maximum absolute atomic E-state index is 12.2. The molecule has 21 heavy (non-hydrogen) atoms. The molecule has 1 unspecified atom stereocenters. The second-order valence-corrected chi connectivity index (χ2v) is 5.89. The van der Waals surface area contributed by atoms with Gasteiger partial charge >= 0.3 is 5.97 Å². The van der Waals surface area contributed by atoms with Gasteiger partial charge in [0, 0.05) is 16.7 Å². The number of carbonyl (C=O) groups is 2. The van der Waals surface area contributed by atoms with Gasteiger partial charge in [0.2, 0.25) is 0 Å². The van der Waals surface area contributed by atoms with Crippen molar-refractivity contribution in [2.45, 2.75) is 13.0 Å². The topological polar surface area (TPSA) is 76.1 Å². The Labute approximate surface area is 136 Å². The third kappa shape index (κ3) is 4.07. The standard InChI is InChI=1S/C14H16INO5/c1-9(13(17)16-4-6-20-7-5-16)21-12-3-2-10(15)8-11(12)14(18)19/h2-3,8-9H,4-7H2,1H3,(H,18,19). The summed E-state index contributed by atoms with van der Waals surface area (Å²) in [5.41, 5.74) is 0.0588. The second-order valence-electron chi connectivity index (χ2n) is 4.64. The maximum atomic E-state index is 12.2. The molecule has 1 aliphatic rings. The minimum Gasteiger partial charge on any atom is -0.480 e. The summed E-state index contributed by atoms with van der Waals surface area (Å²) in [6.07, 6.45) is -0.735. The number of hydrogen-bond acceptors (Lipinski definition) is 4. The van der Waals surface area contributed by atoms with Gasteiger partial charge in [0.1, 0.15) is 11.3 Å². The van der Waals surface area contributed by atoms with Crippen molar-refractivity contribution in [3.8, 4) is 5.75 Å². The molecule has 1 aromatic rings. The van der Waals surface area contributed by atoms with Gasteiger partial charge in [-0.05, 0) is 47.7 Å². The molecule has 1 heterocycles. The molecule has 1 atom stereocenters. The lowest BCUT2D eigenvalue weighted by atomic mass is 10.2. The van der Waals surface area contributed by atoms with E-state index in [0.717, 1.165) is 3.57 Å². The Morgan fingerprint density at radius 3 is 2.67 bits per heavy atom. The predicted octanol–water partition coefficient (Wildman–Crippen LogP) is 1.62. The van der Waals surface area contributed by atoms with Gasteiger partial charge in [-0.25, -0.2) is 4.79 Å². The Bertz CT molecular complexity index is 542. The average molecular weight is 405 g/mol. The van der Waals surface area contributed by atoms with Crippen molar-refractivity contribution in [3.63, 3.8) is 0 Å². The fraction of sp³-hybridized carbons (Fsp3) is 0.429. The van der Waals surface area contributed by atoms with Crippen LogP contribution in [0.2, 0.25) is 0 Å². The van der Waals surface area contributed by atoms with E-state index in [1.54, 1.807) is 24.0 Å². The summed E-state index contributed by atoms with van der Waals surface area (Å²) in [6, 6.07) is 4.84. The quantitative estimate of drug-likeness (QED) is 0.771. The predicted molar refractivity (Wildman–Crippen MR) is 83.6 cm³/mol. The summed E-state index contributed by atoms with van der Waals surface area (Å²) in [5.74, 6) is -1.03. The van der Waals surface area contributed by atoms with Crippen molar-refractivity contribution in [1.29, 1.82) is 0 Å². The lowest BCUT2D eigenvalue weighted by Crippen LogP contribution is -2.46. The zero-order valence-electron chi connectivity index (χ0n) is 11.5.